The second-order valence-electron chi connectivity index (χ2n) is 4.83. The van der Waals surface area contributed by atoms with Crippen molar-refractivity contribution < 1.29 is 4.39 Å². The Kier molecular flexibility index (Phi) is 4.39. The van der Waals surface area contributed by atoms with E-state index in [2.05, 4.69) is 5.10 Å². The Labute approximate surface area is 119 Å². The number of hydrogen-bond donors (Lipinski definition) is 1. The standard InChI is InChI=1S/C15H21FN4/c1-4-20(14-8-6-5-7-13(14)16)15(9-17)12-10-19(3)18-11(12)2/h5-8,10,15H,4,9,17H2,1-3H3. The lowest BCUT2D eigenvalue weighted by atomic mass is 10.1. The zero-order valence-electron chi connectivity index (χ0n) is 12.2. The fourth-order valence-electron chi connectivity index (χ4n) is 2.61. The summed E-state index contributed by atoms with van der Waals surface area (Å²) in [6, 6.07) is 6.71. The first-order chi connectivity index (χ1) is 9.58. The minimum atomic E-state index is -0.227. The van der Waals surface area contributed by atoms with Gasteiger partial charge in [0.15, 0.2) is 0 Å². The molecular formula is C15H21FN4. The van der Waals surface area contributed by atoms with Gasteiger partial charge in [-0.1, -0.05) is 12.1 Å². The summed E-state index contributed by atoms with van der Waals surface area (Å²) in [6.45, 7) is 5.04. The van der Waals surface area contributed by atoms with Gasteiger partial charge in [0.05, 0.1) is 17.4 Å². The molecular weight excluding hydrogens is 255 g/mol. The number of nitrogens with zero attached hydrogens (tertiary/aromatic N) is 3. The maximum absolute atomic E-state index is 14.0. The van der Waals surface area contributed by atoms with Crippen molar-refractivity contribution in [2.45, 2.75) is 19.9 Å². The number of nitrogens with two attached hydrogens (primary N) is 1. The molecule has 0 aliphatic carbocycles. The zero-order valence-corrected chi connectivity index (χ0v) is 12.2. The van der Waals surface area contributed by atoms with E-state index in [4.69, 9.17) is 5.73 Å². The van der Waals surface area contributed by atoms with Gasteiger partial charge in [-0.3, -0.25) is 4.68 Å². The summed E-state index contributed by atoms with van der Waals surface area (Å²) < 4.78 is 15.8. The van der Waals surface area contributed by atoms with Gasteiger partial charge < -0.3 is 10.6 Å². The minimum Gasteiger partial charge on any atom is -0.361 e. The van der Waals surface area contributed by atoms with Gasteiger partial charge in [-0.2, -0.15) is 5.10 Å². The fourth-order valence-corrected chi connectivity index (χ4v) is 2.61. The van der Waals surface area contributed by atoms with E-state index >= 15 is 0 Å². The van der Waals surface area contributed by atoms with Crippen LogP contribution < -0.4 is 10.6 Å². The second-order valence-corrected chi connectivity index (χ2v) is 4.83. The molecule has 1 atom stereocenters. The third-order valence-corrected chi connectivity index (χ3v) is 3.51. The van der Waals surface area contributed by atoms with Crippen molar-refractivity contribution in [1.82, 2.24) is 9.78 Å². The van der Waals surface area contributed by atoms with Gasteiger partial charge in [0, 0.05) is 31.9 Å². The number of aryl methyl sites for hydroxylation is 2. The van der Waals surface area contributed by atoms with E-state index in [1.807, 2.05) is 38.1 Å². The molecule has 2 aromatic rings. The quantitative estimate of drug-likeness (QED) is 0.912. The van der Waals surface area contributed by atoms with Crippen LogP contribution in [-0.2, 0) is 7.05 Å². The number of likely N-dealkylation sites (N-methyl/N-ethyl adjacent to an activating group) is 1. The summed E-state index contributed by atoms with van der Waals surface area (Å²) in [5.74, 6) is -0.227. The summed E-state index contributed by atoms with van der Waals surface area (Å²) in [7, 11) is 1.88. The molecule has 108 valence electrons. The molecule has 0 spiro atoms. The number of aromatic nitrogens is 2. The van der Waals surface area contributed by atoms with Crippen LogP contribution in [-0.4, -0.2) is 22.9 Å². The van der Waals surface area contributed by atoms with Crippen molar-refractivity contribution >= 4 is 5.69 Å². The minimum absolute atomic E-state index is 0.0781. The number of halogens is 1. The van der Waals surface area contributed by atoms with Gasteiger partial charge >= 0.3 is 0 Å². The van der Waals surface area contributed by atoms with E-state index in [-0.39, 0.29) is 11.9 Å². The van der Waals surface area contributed by atoms with Crippen LogP contribution in [0, 0.1) is 12.7 Å². The van der Waals surface area contributed by atoms with Gasteiger partial charge in [0.1, 0.15) is 5.82 Å². The highest BCUT2D eigenvalue weighted by atomic mass is 19.1. The fraction of sp³-hybridized carbons (Fsp3) is 0.400. The summed E-state index contributed by atoms with van der Waals surface area (Å²) in [5.41, 5.74) is 8.49. The molecule has 0 aliphatic heterocycles. The van der Waals surface area contributed by atoms with Crippen LogP contribution in [0.25, 0.3) is 0 Å². The molecule has 2 rings (SSSR count). The van der Waals surface area contributed by atoms with Crippen LogP contribution >= 0.6 is 0 Å². The normalized spacial score (nSPS) is 12.4. The molecule has 0 bridgehead atoms. The Hall–Kier alpha value is -1.88. The van der Waals surface area contributed by atoms with E-state index in [0.717, 1.165) is 11.3 Å². The molecule has 20 heavy (non-hydrogen) atoms. The highest BCUT2D eigenvalue weighted by Crippen LogP contribution is 2.29. The number of benzene rings is 1. The highest BCUT2D eigenvalue weighted by Gasteiger charge is 2.23. The van der Waals surface area contributed by atoms with Crippen molar-refractivity contribution in [2.75, 3.05) is 18.0 Å². The summed E-state index contributed by atoms with van der Waals surface area (Å²) in [5, 5.41) is 4.35. The lowest BCUT2D eigenvalue weighted by molar-refractivity contribution is 0.587. The monoisotopic (exact) mass is 276 g/mol. The molecule has 1 aromatic heterocycles. The van der Waals surface area contributed by atoms with Gasteiger partial charge in [-0.25, -0.2) is 4.39 Å². The van der Waals surface area contributed by atoms with Crippen molar-refractivity contribution in [1.29, 1.82) is 0 Å². The van der Waals surface area contributed by atoms with E-state index in [1.54, 1.807) is 16.8 Å². The van der Waals surface area contributed by atoms with Gasteiger partial charge in [0.2, 0.25) is 0 Å². The third kappa shape index (κ3) is 2.67. The predicted octanol–water partition coefficient (Wildman–Crippen LogP) is 2.39. The molecule has 1 unspecified atom stereocenters. The van der Waals surface area contributed by atoms with Crippen LogP contribution in [0.1, 0.15) is 24.2 Å². The molecule has 5 heteroatoms. The number of anilines is 1. The van der Waals surface area contributed by atoms with Crippen molar-refractivity contribution in [3.05, 3.63) is 47.5 Å². The molecule has 0 amide bonds. The first-order valence-electron chi connectivity index (χ1n) is 6.79. The van der Waals surface area contributed by atoms with Gasteiger partial charge in [0.25, 0.3) is 0 Å². The van der Waals surface area contributed by atoms with Gasteiger partial charge in [-0.15, -0.1) is 0 Å². The van der Waals surface area contributed by atoms with E-state index in [9.17, 15) is 4.39 Å². The maximum Gasteiger partial charge on any atom is 0.146 e. The van der Waals surface area contributed by atoms with Crippen LogP contribution in [0.2, 0.25) is 0 Å². The molecule has 0 fully saturated rings. The molecule has 4 nitrogen and oxygen atoms in total. The molecule has 0 radical (unpaired) electrons. The molecule has 0 saturated carbocycles. The third-order valence-electron chi connectivity index (χ3n) is 3.51. The average molecular weight is 276 g/mol. The molecule has 0 saturated heterocycles. The van der Waals surface area contributed by atoms with E-state index in [0.29, 0.717) is 18.8 Å². The SMILES string of the molecule is CCN(c1ccccc1F)C(CN)c1cn(C)nc1C. The molecule has 1 aromatic carbocycles. The van der Waals surface area contributed by atoms with Crippen LogP contribution in [0.3, 0.4) is 0 Å². The Morgan fingerprint density at radius 2 is 2.10 bits per heavy atom. The number of rotatable bonds is 5. The Bertz CT molecular complexity index is 579. The Morgan fingerprint density at radius 1 is 1.40 bits per heavy atom. The first-order valence-corrected chi connectivity index (χ1v) is 6.79. The van der Waals surface area contributed by atoms with Crippen molar-refractivity contribution in [3.8, 4) is 0 Å². The Morgan fingerprint density at radius 3 is 2.60 bits per heavy atom. The summed E-state index contributed by atoms with van der Waals surface area (Å²) in [6.07, 6.45) is 1.95. The van der Waals surface area contributed by atoms with Gasteiger partial charge in [-0.05, 0) is 26.0 Å². The topological polar surface area (TPSA) is 47.1 Å². The lowest BCUT2D eigenvalue weighted by Gasteiger charge is -2.32. The molecule has 0 aliphatic rings. The van der Waals surface area contributed by atoms with Crippen LogP contribution in [0.5, 0.6) is 0 Å². The van der Waals surface area contributed by atoms with E-state index in [1.165, 1.54) is 6.07 Å². The predicted molar refractivity (Wildman–Crippen MR) is 79.2 cm³/mol. The first kappa shape index (κ1) is 14.5. The molecule has 1 heterocycles. The summed E-state index contributed by atoms with van der Waals surface area (Å²) >= 11 is 0. The van der Waals surface area contributed by atoms with Crippen LogP contribution in [0.4, 0.5) is 10.1 Å². The summed E-state index contributed by atoms with van der Waals surface area (Å²) in [4.78, 5) is 1.99. The maximum atomic E-state index is 14.0. The largest absolute Gasteiger partial charge is 0.361 e. The Balaban J connectivity index is 2.43. The number of hydrogen-bond acceptors (Lipinski definition) is 3. The van der Waals surface area contributed by atoms with Crippen molar-refractivity contribution in [2.24, 2.45) is 12.8 Å². The molecule has 2 N–H and O–H groups in total. The van der Waals surface area contributed by atoms with E-state index < -0.39 is 0 Å². The zero-order chi connectivity index (χ0) is 14.7. The van der Waals surface area contributed by atoms with Crippen LogP contribution in [0.15, 0.2) is 30.5 Å². The highest BCUT2D eigenvalue weighted by molar-refractivity contribution is 5.50. The number of para-hydroxylation sites is 1. The second kappa shape index (κ2) is 6.05. The smallest absolute Gasteiger partial charge is 0.146 e. The average Bonchev–Trinajstić information content (AvgIpc) is 2.76. The lowest BCUT2D eigenvalue weighted by Crippen LogP contribution is -2.34. The van der Waals surface area contributed by atoms with Crippen molar-refractivity contribution in [3.63, 3.8) is 0 Å².